The first-order chi connectivity index (χ1) is 13.1. The quantitative estimate of drug-likeness (QED) is 0.733. The summed E-state index contributed by atoms with van der Waals surface area (Å²) in [5.41, 5.74) is 4.78. The van der Waals surface area contributed by atoms with Crippen molar-refractivity contribution in [3.63, 3.8) is 0 Å². The molecule has 0 aliphatic heterocycles. The Labute approximate surface area is 157 Å². The summed E-state index contributed by atoms with van der Waals surface area (Å²) in [7, 11) is 0. The maximum atomic E-state index is 12.5. The SMILES string of the molecule is O=C(Cc1ccccc1)N[C@H](C(=O)O)C1c2ccccc2-c2ccccc21. The summed E-state index contributed by atoms with van der Waals surface area (Å²) in [6.45, 7) is 0. The third kappa shape index (κ3) is 3.22. The summed E-state index contributed by atoms with van der Waals surface area (Å²) < 4.78 is 0. The summed E-state index contributed by atoms with van der Waals surface area (Å²) in [4.78, 5) is 24.6. The second kappa shape index (κ2) is 7.08. The second-order valence-electron chi connectivity index (χ2n) is 6.70. The van der Waals surface area contributed by atoms with Crippen molar-refractivity contribution < 1.29 is 14.7 Å². The zero-order valence-electron chi connectivity index (χ0n) is 14.6. The van der Waals surface area contributed by atoms with E-state index in [4.69, 9.17) is 0 Å². The van der Waals surface area contributed by atoms with Crippen LogP contribution in [0.15, 0.2) is 78.9 Å². The molecule has 2 N–H and O–H groups in total. The Morgan fingerprint density at radius 3 is 1.89 bits per heavy atom. The fourth-order valence-corrected chi connectivity index (χ4v) is 3.85. The van der Waals surface area contributed by atoms with E-state index in [1.165, 1.54) is 0 Å². The molecule has 4 heteroatoms. The molecule has 0 spiro atoms. The number of benzene rings is 3. The number of carbonyl (C=O) groups excluding carboxylic acids is 1. The van der Waals surface area contributed by atoms with Crippen molar-refractivity contribution in [2.75, 3.05) is 0 Å². The van der Waals surface area contributed by atoms with E-state index in [0.717, 1.165) is 27.8 Å². The number of fused-ring (bicyclic) bond motifs is 3. The molecular weight excluding hydrogens is 338 g/mol. The number of rotatable bonds is 5. The highest BCUT2D eigenvalue weighted by Gasteiger charge is 2.38. The molecule has 0 saturated carbocycles. The Bertz CT molecular complexity index is 952. The van der Waals surface area contributed by atoms with E-state index in [-0.39, 0.29) is 12.3 Å². The molecule has 27 heavy (non-hydrogen) atoms. The molecule has 0 fully saturated rings. The van der Waals surface area contributed by atoms with E-state index < -0.39 is 17.9 Å². The molecule has 4 nitrogen and oxygen atoms in total. The van der Waals surface area contributed by atoms with Gasteiger partial charge in [-0.3, -0.25) is 4.79 Å². The van der Waals surface area contributed by atoms with E-state index in [2.05, 4.69) is 5.32 Å². The van der Waals surface area contributed by atoms with Crippen LogP contribution >= 0.6 is 0 Å². The van der Waals surface area contributed by atoms with Gasteiger partial charge >= 0.3 is 5.97 Å². The highest BCUT2D eigenvalue weighted by Crippen LogP contribution is 2.46. The van der Waals surface area contributed by atoms with Crippen LogP contribution in [0.2, 0.25) is 0 Å². The molecule has 3 aromatic carbocycles. The Hall–Kier alpha value is -3.40. The topological polar surface area (TPSA) is 66.4 Å². The molecule has 1 atom stereocenters. The minimum atomic E-state index is -1.03. The minimum absolute atomic E-state index is 0.153. The van der Waals surface area contributed by atoms with Gasteiger partial charge in [0.25, 0.3) is 0 Å². The number of carbonyl (C=O) groups is 2. The monoisotopic (exact) mass is 357 g/mol. The second-order valence-corrected chi connectivity index (χ2v) is 6.70. The summed E-state index contributed by atoms with van der Waals surface area (Å²) in [5.74, 6) is -1.74. The lowest BCUT2D eigenvalue weighted by atomic mass is 9.89. The molecule has 0 heterocycles. The third-order valence-electron chi connectivity index (χ3n) is 5.01. The number of amides is 1. The molecule has 1 amide bonds. The van der Waals surface area contributed by atoms with Crippen LogP contribution in [-0.2, 0) is 16.0 Å². The van der Waals surface area contributed by atoms with Crippen LogP contribution in [0.4, 0.5) is 0 Å². The Morgan fingerprint density at radius 2 is 1.33 bits per heavy atom. The molecule has 134 valence electrons. The van der Waals surface area contributed by atoms with Gasteiger partial charge in [-0.1, -0.05) is 78.9 Å². The third-order valence-corrected chi connectivity index (χ3v) is 5.01. The fourth-order valence-electron chi connectivity index (χ4n) is 3.85. The largest absolute Gasteiger partial charge is 0.480 e. The van der Waals surface area contributed by atoms with Gasteiger partial charge in [0, 0.05) is 5.92 Å². The number of carboxylic acids is 1. The highest BCUT2D eigenvalue weighted by molar-refractivity contribution is 5.89. The lowest BCUT2D eigenvalue weighted by Gasteiger charge is -2.23. The van der Waals surface area contributed by atoms with Gasteiger partial charge in [-0.05, 0) is 27.8 Å². The molecule has 0 radical (unpaired) electrons. The first-order valence-electron chi connectivity index (χ1n) is 8.89. The van der Waals surface area contributed by atoms with E-state index in [1.54, 1.807) is 0 Å². The van der Waals surface area contributed by atoms with E-state index in [9.17, 15) is 14.7 Å². The number of nitrogens with one attached hydrogen (secondary N) is 1. The standard InChI is InChI=1S/C23H19NO3/c25-20(14-15-8-2-1-3-9-15)24-22(23(26)27)21-18-12-6-4-10-16(18)17-11-5-7-13-19(17)21/h1-13,21-22H,14H2,(H,24,25)(H,26,27)/t22-/m0/s1. The van der Waals surface area contributed by atoms with Gasteiger partial charge in [-0.2, -0.15) is 0 Å². The molecule has 0 unspecified atom stereocenters. The predicted molar refractivity (Wildman–Crippen MR) is 103 cm³/mol. The van der Waals surface area contributed by atoms with E-state index in [0.29, 0.717) is 0 Å². The van der Waals surface area contributed by atoms with Crippen LogP contribution in [0.1, 0.15) is 22.6 Å². The molecule has 1 aliphatic carbocycles. The van der Waals surface area contributed by atoms with Gasteiger partial charge in [-0.25, -0.2) is 4.79 Å². The average Bonchev–Trinajstić information content (AvgIpc) is 3.01. The predicted octanol–water partition coefficient (Wildman–Crippen LogP) is 3.61. The summed E-state index contributed by atoms with van der Waals surface area (Å²) >= 11 is 0. The molecular formula is C23H19NO3. The van der Waals surface area contributed by atoms with Crippen molar-refractivity contribution in [2.45, 2.75) is 18.4 Å². The number of carboxylic acid groups (broad SMARTS) is 1. The van der Waals surface area contributed by atoms with Crippen molar-refractivity contribution in [3.8, 4) is 11.1 Å². The fraction of sp³-hybridized carbons (Fsp3) is 0.130. The first-order valence-corrected chi connectivity index (χ1v) is 8.89. The van der Waals surface area contributed by atoms with Crippen molar-refractivity contribution in [2.24, 2.45) is 0 Å². The molecule has 3 aromatic rings. The van der Waals surface area contributed by atoms with Crippen LogP contribution in [0.25, 0.3) is 11.1 Å². The summed E-state index contributed by atoms with van der Waals surface area (Å²) in [5, 5.41) is 12.6. The van der Waals surface area contributed by atoms with Gasteiger partial charge in [0.2, 0.25) is 5.91 Å². The van der Waals surface area contributed by atoms with Gasteiger partial charge in [-0.15, -0.1) is 0 Å². The van der Waals surface area contributed by atoms with Gasteiger partial charge in [0.05, 0.1) is 6.42 Å². The van der Waals surface area contributed by atoms with Gasteiger partial charge in [0.15, 0.2) is 0 Å². The van der Waals surface area contributed by atoms with Crippen LogP contribution < -0.4 is 5.32 Å². The van der Waals surface area contributed by atoms with Crippen molar-refractivity contribution in [1.82, 2.24) is 5.32 Å². The lowest BCUT2D eigenvalue weighted by molar-refractivity contribution is -0.142. The van der Waals surface area contributed by atoms with Gasteiger partial charge < -0.3 is 10.4 Å². The van der Waals surface area contributed by atoms with Crippen molar-refractivity contribution in [3.05, 3.63) is 95.6 Å². The molecule has 1 aliphatic rings. The van der Waals surface area contributed by atoms with Crippen LogP contribution in [0.3, 0.4) is 0 Å². The normalized spacial score (nSPS) is 13.5. The zero-order valence-corrected chi connectivity index (χ0v) is 14.6. The Kier molecular flexibility index (Phi) is 4.47. The minimum Gasteiger partial charge on any atom is -0.480 e. The van der Waals surface area contributed by atoms with Crippen LogP contribution in [0.5, 0.6) is 0 Å². The van der Waals surface area contributed by atoms with E-state index in [1.807, 2.05) is 78.9 Å². The first kappa shape index (κ1) is 17.0. The molecule has 4 rings (SSSR count). The smallest absolute Gasteiger partial charge is 0.327 e. The van der Waals surface area contributed by atoms with Crippen LogP contribution in [-0.4, -0.2) is 23.0 Å². The zero-order chi connectivity index (χ0) is 18.8. The van der Waals surface area contributed by atoms with E-state index >= 15 is 0 Å². The Balaban J connectivity index is 1.66. The lowest BCUT2D eigenvalue weighted by Crippen LogP contribution is -2.45. The number of hydrogen-bond acceptors (Lipinski definition) is 2. The highest BCUT2D eigenvalue weighted by atomic mass is 16.4. The van der Waals surface area contributed by atoms with Crippen molar-refractivity contribution >= 4 is 11.9 Å². The average molecular weight is 357 g/mol. The number of aliphatic carboxylic acids is 1. The molecule has 0 aromatic heterocycles. The number of hydrogen-bond donors (Lipinski definition) is 2. The van der Waals surface area contributed by atoms with Crippen LogP contribution in [0, 0.1) is 0 Å². The van der Waals surface area contributed by atoms with Crippen molar-refractivity contribution in [1.29, 1.82) is 0 Å². The summed E-state index contributed by atoms with van der Waals surface area (Å²) in [6, 6.07) is 23.9. The molecule has 0 bridgehead atoms. The maximum Gasteiger partial charge on any atom is 0.327 e. The molecule has 0 saturated heterocycles. The summed E-state index contributed by atoms with van der Waals surface area (Å²) in [6.07, 6.45) is 0.153. The Morgan fingerprint density at radius 1 is 0.815 bits per heavy atom. The van der Waals surface area contributed by atoms with Gasteiger partial charge in [0.1, 0.15) is 6.04 Å². The maximum absolute atomic E-state index is 12.5.